The summed E-state index contributed by atoms with van der Waals surface area (Å²) in [5.41, 5.74) is 6.12. The Morgan fingerprint density at radius 2 is 1.88 bits per heavy atom. The van der Waals surface area contributed by atoms with Crippen LogP contribution in [0.1, 0.15) is 16.7 Å². The van der Waals surface area contributed by atoms with Crippen LogP contribution < -0.4 is 11.2 Å². The maximum atomic E-state index is 12.4. The average Bonchev–Trinajstić information content (AvgIpc) is 3.36. The van der Waals surface area contributed by atoms with Gasteiger partial charge in [-0.3, -0.25) is 9.89 Å². The summed E-state index contributed by atoms with van der Waals surface area (Å²) in [6.45, 7) is 5.89. The van der Waals surface area contributed by atoms with Gasteiger partial charge in [0.05, 0.1) is 22.2 Å². The summed E-state index contributed by atoms with van der Waals surface area (Å²) in [7, 11) is 0. The number of benzene rings is 2. The van der Waals surface area contributed by atoms with E-state index in [0.717, 1.165) is 22.4 Å². The summed E-state index contributed by atoms with van der Waals surface area (Å²) in [5, 5.41) is 19.3. The number of amides is 1. The highest BCUT2D eigenvalue weighted by Gasteiger charge is 2.17. The number of thioether (sulfide) groups is 1. The number of aromatic nitrogens is 5. The molecular weight excluding hydrogens is 446 g/mol. The van der Waals surface area contributed by atoms with Crippen molar-refractivity contribution in [1.82, 2.24) is 25.1 Å². The number of hydrogen-bond acceptors (Lipinski definition) is 6. The maximum absolute atomic E-state index is 12.4. The summed E-state index contributed by atoms with van der Waals surface area (Å²) in [6.07, 6.45) is 0. The van der Waals surface area contributed by atoms with Crippen molar-refractivity contribution in [3.05, 3.63) is 64.2 Å². The van der Waals surface area contributed by atoms with E-state index in [9.17, 15) is 4.79 Å². The van der Waals surface area contributed by atoms with Gasteiger partial charge in [-0.2, -0.15) is 5.10 Å². The number of anilines is 1. The summed E-state index contributed by atoms with van der Waals surface area (Å²) in [5.74, 6) is 6.50. The zero-order chi connectivity index (χ0) is 22.8. The Morgan fingerprint density at radius 1 is 1.12 bits per heavy atom. The largest absolute Gasteiger partial charge is 0.335 e. The lowest BCUT2D eigenvalue weighted by molar-refractivity contribution is -0.113. The van der Waals surface area contributed by atoms with E-state index in [1.165, 1.54) is 22.0 Å². The number of nitrogen functional groups attached to an aromatic ring is 1. The van der Waals surface area contributed by atoms with Gasteiger partial charge in [-0.1, -0.05) is 59.3 Å². The molecule has 0 aliphatic carbocycles. The first-order valence-electron chi connectivity index (χ1n) is 9.84. The molecule has 0 unspecified atom stereocenters. The fourth-order valence-electron chi connectivity index (χ4n) is 3.25. The van der Waals surface area contributed by atoms with Crippen LogP contribution in [-0.2, 0) is 4.79 Å². The lowest BCUT2D eigenvalue weighted by Crippen LogP contribution is -2.17. The van der Waals surface area contributed by atoms with Crippen LogP contribution in [0.15, 0.2) is 47.6 Å². The van der Waals surface area contributed by atoms with Crippen LogP contribution in [0, 0.1) is 20.8 Å². The Balaban J connectivity index is 1.44. The molecule has 32 heavy (non-hydrogen) atoms. The molecule has 1 amide bonds. The van der Waals surface area contributed by atoms with E-state index >= 15 is 0 Å². The van der Waals surface area contributed by atoms with E-state index in [1.807, 2.05) is 63.2 Å². The summed E-state index contributed by atoms with van der Waals surface area (Å²) in [4.78, 5) is 12.4. The Morgan fingerprint density at radius 3 is 2.59 bits per heavy atom. The summed E-state index contributed by atoms with van der Waals surface area (Å²) >= 11 is 7.45. The molecule has 2 aromatic heterocycles. The lowest BCUT2D eigenvalue weighted by Gasteiger charge is -2.11. The number of carbonyl (C=O) groups is 1. The number of H-pyrrole nitrogens is 1. The van der Waals surface area contributed by atoms with E-state index in [4.69, 9.17) is 17.4 Å². The van der Waals surface area contributed by atoms with Gasteiger partial charge in [0.25, 0.3) is 0 Å². The third kappa shape index (κ3) is 4.63. The number of nitrogens with zero attached hydrogens (tertiary/aromatic N) is 4. The summed E-state index contributed by atoms with van der Waals surface area (Å²) in [6, 6.07) is 13.7. The van der Waals surface area contributed by atoms with Crippen LogP contribution in [-0.4, -0.2) is 36.7 Å². The molecule has 0 spiro atoms. The van der Waals surface area contributed by atoms with Gasteiger partial charge in [-0.25, -0.2) is 4.68 Å². The number of hydrogen-bond donors (Lipinski definition) is 3. The number of nitrogens with one attached hydrogen (secondary N) is 2. The van der Waals surface area contributed by atoms with Crippen molar-refractivity contribution >= 4 is 35.0 Å². The van der Waals surface area contributed by atoms with Crippen LogP contribution in [0.4, 0.5) is 5.69 Å². The highest BCUT2D eigenvalue weighted by Crippen LogP contribution is 2.28. The molecule has 2 heterocycles. The zero-order valence-corrected chi connectivity index (χ0v) is 19.4. The monoisotopic (exact) mass is 467 g/mol. The van der Waals surface area contributed by atoms with Gasteiger partial charge >= 0.3 is 0 Å². The van der Waals surface area contributed by atoms with Crippen LogP contribution in [0.25, 0.3) is 22.8 Å². The van der Waals surface area contributed by atoms with Gasteiger partial charge in [0, 0.05) is 5.56 Å². The molecule has 0 bridgehead atoms. The van der Waals surface area contributed by atoms with Crippen LogP contribution in [0.3, 0.4) is 0 Å². The van der Waals surface area contributed by atoms with Crippen molar-refractivity contribution in [3.8, 4) is 22.8 Å². The molecule has 2 aromatic carbocycles. The maximum Gasteiger partial charge on any atom is 0.234 e. The van der Waals surface area contributed by atoms with Crippen LogP contribution in [0.5, 0.6) is 0 Å². The van der Waals surface area contributed by atoms with Crippen molar-refractivity contribution in [2.75, 3.05) is 16.9 Å². The number of rotatable bonds is 6. The minimum atomic E-state index is -0.211. The van der Waals surface area contributed by atoms with Gasteiger partial charge in [0.1, 0.15) is 5.69 Å². The first-order chi connectivity index (χ1) is 15.3. The van der Waals surface area contributed by atoms with E-state index in [-0.39, 0.29) is 11.7 Å². The first kappa shape index (κ1) is 21.9. The Hall–Kier alpha value is -3.30. The molecule has 10 heteroatoms. The van der Waals surface area contributed by atoms with Gasteiger partial charge < -0.3 is 11.2 Å². The Bertz CT molecular complexity index is 1260. The van der Waals surface area contributed by atoms with Crippen molar-refractivity contribution in [1.29, 1.82) is 0 Å². The molecule has 0 aliphatic rings. The third-order valence-electron chi connectivity index (χ3n) is 4.86. The minimum absolute atomic E-state index is 0.108. The normalized spacial score (nSPS) is 11.0. The number of carbonyl (C=O) groups excluding carboxylic acids is 1. The Labute approximate surface area is 194 Å². The van der Waals surface area contributed by atoms with Gasteiger partial charge in [-0.05, 0) is 44.0 Å². The molecule has 0 aliphatic heterocycles. The van der Waals surface area contributed by atoms with E-state index in [1.54, 1.807) is 0 Å². The number of halogens is 1. The quantitative estimate of drug-likeness (QED) is 0.287. The molecule has 0 saturated heterocycles. The second-order valence-corrected chi connectivity index (χ2v) is 8.83. The fourth-order valence-corrected chi connectivity index (χ4v) is 4.27. The minimum Gasteiger partial charge on any atom is -0.335 e. The van der Waals surface area contributed by atoms with Crippen molar-refractivity contribution in [3.63, 3.8) is 0 Å². The zero-order valence-electron chi connectivity index (χ0n) is 17.8. The van der Waals surface area contributed by atoms with E-state index < -0.39 is 0 Å². The molecule has 0 saturated carbocycles. The second kappa shape index (κ2) is 9.05. The Kier molecular flexibility index (Phi) is 6.20. The van der Waals surface area contributed by atoms with Crippen LogP contribution >= 0.6 is 23.4 Å². The van der Waals surface area contributed by atoms with Gasteiger partial charge in [0.2, 0.25) is 16.9 Å². The van der Waals surface area contributed by atoms with E-state index in [0.29, 0.717) is 27.4 Å². The predicted molar refractivity (Wildman–Crippen MR) is 128 cm³/mol. The average molecular weight is 468 g/mol. The molecule has 4 N–H and O–H groups in total. The molecule has 0 atom stereocenters. The molecular formula is C22H22ClN7OS. The first-order valence-corrected chi connectivity index (χ1v) is 11.2. The molecule has 4 rings (SSSR count). The van der Waals surface area contributed by atoms with Gasteiger partial charge in [-0.15, -0.1) is 10.2 Å². The molecule has 164 valence electrons. The fraction of sp³-hybridized carbons (Fsp3) is 0.182. The lowest BCUT2D eigenvalue weighted by atomic mass is 10.1. The van der Waals surface area contributed by atoms with Crippen molar-refractivity contribution < 1.29 is 4.79 Å². The van der Waals surface area contributed by atoms with E-state index in [2.05, 4.69) is 25.7 Å². The second-order valence-electron chi connectivity index (χ2n) is 7.48. The standard InChI is InChI=1S/C22H22ClN7OS/c1-12-4-6-15(7-5-12)17-10-18(27-26-17)21-28-29-22(30(21)24)32-11-19(31)25-20-14(3)8-13(2)9-16(20)23/h4-10H,11,24H2,1-3H3,(H,25,31)(H,26,27). The molecule has 0 radical (unpaired) electrons. The smallest absolute Gasteiger partial charge is 0.234 e. The number of nitrogens with two attached hydrogens (primary N) is 1. The molecule has 0 fully saturated rings. The number of aryl methyl sites for hydroxylation is 3. The highest BCUT2D eigenvalue weighted by molar-refractivity contribution is 7.99. The SMILES string of the molecule is Cc1ccc(-c2cc(-c3nnc(SCC(=O)Nc4c(C)cc(C)cc4Cl)n3N)[nH]n2)cc1. The van der Waals surface area contributed by atoms with Gasteiger partial charge in [0.15, 0.2) is 0 Å². The number of aromatic amines is 1. The van der Waals surface area contributed by atoms with Crippen molar-refractivity contribution in [2.45, 2.75) is 25.9 Å². The highest BCUT2D eigenvalue weighted by atomic mass is 35.5. The van der Waals surface area contributed by atoms with Crippen molar-refractivity contribution in [2.24, 2.45) is 0 Å². The van der Waals surface area contributed by atoms with Crippen LogP contribution in [0.2, 0.25) is 5.02 Å². The molecule has 4 aromatic rings. The predicted octanol–water partition coefficient (Wildman–Crippen LogP) is 4.36. The molecule has 8 nitrogen and oxygen atoms in total. The summed E-state index contributed by atoms with van der Waals surface area (Å²) < 4.78 is 1.34. The topological polar surface area (TPSA) is 115 Å². The third-order valence-corrected chi connectivity index (χ3v) is 6.10.